The van der Waals surface area contributed by atoms with E-state index >= 15 is 0 Å². The summed E-state index contributed by atoms with van der Waals surface area (Å²) in [6, 6.07) is 14.5. The summed E-state index contributed by atoms with van der Waals surface area (Å²) in [6.45, 7) is 0.449. The summed E-state index contributed by atoms with van der Waals surface area (Å²) < 4.78 is 1.89. The molecule has 4 nitrogen and oxygen atoms in total. The molecule has 0 bridgehead atoms. The van der Waals surface area contributed by atoms with E-state index in [0.29, 0.717) is 18.8 Å². The van der Waals surface area contributed by atoms with Crippen LogP contribution in [0.4, 0.5) is 0 Å². The van der Waals surface area contributed by atoms with Gasteiger partial charge in [0.2, 0.25) is 0 Å². The number of nitrogens with zero attached hydrogens (tertiary/aromatic N) is 2. The maximum atomic E-state index is 10.5. The van der Waals surface area contributed by atoms with E-state index in [-0.39, 0.29) is 0 Å². The third-order valence-corrected chi connectivity index (χ3v) is 5.01. The van der Waals surface area contributed by atoms with Crippen LogP contribution in [0.3, 0.4) is 0 Å². The lowest BCUT2D eigenvalue weighted by atomic mass is 9.79. The summed E-state index contributed by atoms with van der Waals surface area (Å²) in [5.74, 6) is 0.686. The Morgan fingerprint density at radius 1 is 1.12 bits per heavy atom. The van der Waals surface area contributed by atoms with Crippen LogP contribution in [0, 0.1) is 0 Å². The van der Waals surface area contributed by atoms with Crippen LogP contribution in [-0.4, -0.2) is 25.9 Å². The lowest BCUT2D eigenvalue weighted by Gasteiger charge is -2.36. The van der Waals surface area contributed by atoms with Crippen molar-refractivity contribution >= 4 is 10.8 Å². The predicted molar refractivity (Wildman–Crippen MR) is 93.6 cm³/mol. The smallest absolute Gasteiger partial charge is 0.140 e. The largest absolute Gasteiger partial charge is 0.391 e. The molecular formula is C20H22N2O2. The molecule has 1 aliphatic rings. The van der Waals surface area contributed by atoms with Crippen molar-refractivity contribution in [3.8, 4) is 0 Å². The van der Waals surface area contributed by atoms with Gasteiger partial charge in [-0.15, -0.1) is 0 Å². The summed E-state index contributed by atoms with van der Waals surface area (Å²) in [5.41, 5.74) is 0.317. The molecule has 1 fully saturated rings. The number of aliphatic hydroxyl groups excluding tert-OH is 1. The highest BCUT2D eigenvalue weighted by Gasteiger charge is 2.40. The van der Waals surface area contributed by atoms with Crippen molar-refractivity contribution in [2.75, 3.05) is 0 Å². The van der Waals surface area contributed by atoms with Crippen molar-refractivity contribution in [1.29, 1.82) is 0 Å². The summed E-state index contributed by atoms with van der Waals surface area (Å²) in [5, 5.41) is 23.4. The van der Waals surface area contributed by atoms with Gasteiger partial charge in [0.25, 0.3) is 0 Å². The first kappa shape index (κ1) is 15.4. The number of aromatic nitrogens is 2. The molecular weight excluding hydrogens is 300 g/mol. The Kier molecular flexibility index (Phi) is 3.87. The monoisotopic (exact) mass is 322 g/mol. The molecule has 2 aromatic carbocycles. The molecule has 4 heteroatoms. The minimum atomic E-state index is -0.799. The second-order valence-electron chi connectivity index (χ2n) is 6.83. The van der Waals surface area contributed by atoms with Crippen LogP contribution in [0.15, 0.2) is 54.9 Å². The lowest BCUT2D eigenvalue weighted by Crippen LogP contribution is -2.37. The molecule has 1 atom stereocenters. The predicted octanol–water partition coefficient (Wildman–Crippen LogP) is 3.01. The number of aliphatic hydroxyl groups is 2. The van der Waals surface area contributed by atoms with Crippen molar-refractivity contribution in [2.24, 2.45) is 0 Å². The van der Waals surface area contributed by atoms with E-state index in [1.54, 1.807) is 6.20 Å². The molecule has 1 saturated carbocycles. The van der Waals surface area contributed by atoms with E-state index < -0.39 is 11.7 Å². The number of imidazole rings is 1. The Hall–Kier alpha value is -2.17. The van der Waals surface area contributed by atoms with Crippen LogP contribution in [0.25, 0.3) is 10.8 Å². The van der Waals surface area contributed by atoms with Crippen molar-refractivity contribution < 1.29 is 10.2 Å². The van der Waals surface area contributed by atoms with Crippen molar-refractivity contribution in [3.63, 3.8) is 0 Å². The third kappa shape index (κ3) is 2.83. The Morgan fingerprint density at radius 3 is 2.67 bits per heavy atom. The van der Waals surface area contributed by atoms with Gasteiger partial charge in [-0.05, 0) is 35.6 Å². The van der Waals surface area contributed by atoms with E-state index in [4.69, 9.17) is 0 Å². The Bertz CT molecular complexity index is 851. The van der Waals surface area contributed by atoms with Gasteiger partial charge in [0.1, 0.15) is 11.4 Å². The molecule has 1 unspecified atom stereocenters. The van der Waals surface area contributed by atoms with Gasteiger partial charge in [0.15, 0.2) is 0 Å². The van der Waals surface area contributed by atoms with E-state index in [1.807, 2.05) is 22.9 Å². The lowest BCUT2D eigenvalue weighted by molar-refractivity contribution is -0.0505. The zero-order valence-electron chi connectivity index (χ0n) is 13.6. The summed E-state index contributed by atoms with van der Waals surface area (Å²) in [4.78, 5) is 4.31. The molecule has 0 saturated heterocycles. The number of fused-ring (bicyclic) bond motifs is 1. The van der Waals surface area contributed by atoms with Crippen LogP contribution in [0.1, 0.15) is 30.7 Å². The van der Waals surface area contributed by atoms with Gasteiger partial charge >= 0.3 is 0 Å². The van der Waals surface area contributed by atoms with E-state index in [1.165, 1.54) is 10.8 Å². The van der Waals surface area contributed by atoms with Crippen molar-refractivity contribution in [2.45, 2.75) is 43.9 Å². The molecule has 0 amide bonds. The number of hydrogen-bond donors (Lipinski definition) is 2. The van der Waals surface area contributed by atoms with Gasteiger partial charge in [-0.25, -0.2) is 4.98 Å². The Morgan fingerprint density at radius 2 is 1.92 bits per heavy atom. The van der Waals surface area contributed by atoms with Gasteiger partial charge in [0.05, 0.1) is 12.6 Å². The average molecular weight is 322 g/mol. The first-order chi connectivity index (χ1) is 11.6. The summed E-state index contributed by atoms with van der Waals surface area (Å²) in [6.07, 6.45) is 6.16. The molecule has 1 aromatic heterocycles. The maximum absolute atomic E-state index is 10.5. The molecule has 0 radical (unpaired) electrons. The van der Waals surface area contributed by atoms with Gasteiger partial charge < -0.3 is 14.8 Å². The standard InChI is InChI=1S/C20H22N2O2/c23-18(13-15-6-7-16-4-1-2-5-17(16)12-15)14-22-11-10-21-19(22)20(24)8-3-9-20/h1-2,4-7,10-12,18,23-24H,3,8-9,13-14H2. The Balaban J connectivity index is 1.48. The highest BCUT2D eigenvalue weighted by Crippen LogP contribution is 2.40. The zero-order valence-corrected chi connectivity index (χ0v) is 13.6. The quantitative estimate of drug-likeness (QED) is 0.759. The van der Waals surface area contributed by atoms with Gasteiger partial charge in [-0.2, -0.15) is 0 Å². The third-order valence-electron chi connectivity index (χ3n) is 5.01. The number of benzene rings is 2. The van der Waals surface area contributed by atoms with Crippen LogP contribution < -0.4 is 0 Å². The van der Waals surface area contributed by atoms with Crippen molar-refractivity contribution in [1.82, 2.24) is 9.55 Å². The number of hydrogen-bond acceptors (Lipinski definition) is 3. The minimum Gasteiger partial charge on any atom is -0.391 e. The molecule has 1 heterocycles. The first-order valence-electron chi connectivity index (χ1n) is 8.54. The topological polar surface area (TPSA) is 58.3 Å². The van der Waals surface area contributed by atoms with E-state index in [9.17, 15) is 10.2 Å². The fraction of sp³-hybridized carbons (Fsp3) is 0.350. The van der Waals surface area contributed by atoms with Crippen LogP contribution in [0.2, 0.25) is 0 Å². The number of rotatable bonds is 5. The SMILES string of the molecule is OC(Cc1ccc2ccccc2c1)Cn1ccnc1C1(O)CCC1. The fourth-order valence-corrected chi connectivity index (χ4v) is 3.53. The molecule has 0 spiro atoms. The van der Waals surface area contributed by atoms with Crippen LogP contribution in [-0.2, 0) is 18.6 Å². The van der Waals surface area contributed by atoms with E-state index in [0.717, 1.165) is 24.8 Å². The van der Waals surface area contributed by atoms with Crippen LogP contribution in [0.5, 0.6) is 0 Å². The summed E-state index contributed by atoms with van der Waals surface area (Å²) >= 11 is 0. The zero-order chi connectivity index (χ0) is 16.6. The van der Waals surface area contributed by atoms with E-state index in [2.05, 4.69) is 35.3 Å². The molecule has 4 rings (SSSR count). The molecule has 1 aliphatic carbocycles. The van der Waals surface area contributed by atoms with Crippen LogP contribution >= 0.6 is 0 Å². The maximum Gasteiger partial charge on any atom is 0.140 e. The molecule has 2 N–H and O–H groups in total. The normalized spacial score (nSPS) is 17.6. The molecule has 124 valence electrons. The van der Waals surface area contributed by atoms with Gasteiger partial charge in [0, 0.05) is 18.8 Å². The van der Waals surface area contributed by atoms with Gasteiger partial charge in [-0.3, -0.25) is 0 Å². The molecule has 0 aliphatic heterocycles. The minimum absolute atomic E-state index is 0.449. The van der Waals surface area contributed by atoms with Crippen molar-refractivity contribution in [3.05, 3.63) is 66.2 Å². The molecule has 3 aromatic rings. The second-order valence-corrected chi connectivity index (χ2v) is 6.83. The first-order valence-corrected chi connectivity index (χ1v) is 8.54. The fourth-order valence-electron chi connectivity index (χ4n) is 3.53. The Labute approximate surface area is 141 Å². The highest BCUT2D eigenvalue weighted by atomic mass is 16.3. The average Bonchev–Trinajstić information content (AvgIpc) is 3.01. The van der Waals surface area contributed by atoms with Gasteiger partial charge in [-0.1, -0.05) is 42.5 Å². The summed E-state index contributed by atoms with van der Waals surface area (Å²) in [7, 11) is 0. The second kappa shape index (κ2) is 6.04. The highest BCUT2D eigenvalue weighted by molar-refractivity contribution is 5.82. The molecule has 24 heavy (non-hydrogen) atoms.